The van der Waals surface area contributed by atoms with Gasteiger partial charge in [-0.15, -0.1) is 0 Å². The van der Waals surface area contributed by atoms with Crippen molar-refractivity contribution in [2.24, 2.45) is 29.1 Å². The molecule has 0 aromatic carbocycles. The quantitative estimate of drug-likeness (QED) is 0.667. The number of rotatable bonds is 3. The SMILES string of the molecule is CC1(CC2CCC(C3CCC(C#N)CC3)CC2)CCCCOC1. The van der Waals surface area contributed by atoms with Crippen LogP contribution in [0.3, 0.4) is 0 Å². The molecule has 3 rings (SSSR count). The van der Waals surface area contributed by atoms with Crippen molar-refractivity contribution in [1.82, 2.24) is 0 Å². The largest absolute Gasteiger partial charge is 0.381 e. The van der Waals surface area contributed by atoms with Crippen LogP contribution in [0.15, 0.2) is 0 Å². The zero-order chi connectivity index (χ0) is 16.1. The number of hydrogen-bond acceptors (Lipinski definition) is 2. The van der Waals surface area contributed by atoms with Gasteiger partial charge in [0.25, 0.3) is 0 Å². The lowest BCUT2D eigenvalue weighted by Crippen LogP contribution is -2.30. The first-order valence-corrected chi connectivity index (χ1v) is 10.2. The van der Waals surface area contributed by atoms with Crippen LogP contribution in [0.2, 0.25) is 0 Å². The van der Waals surface area contributed by atoms with Gasteiger partial charge in [0.05, 0.1) is 12.7 Å². The van der Waals surface area contributed by atoms with Crippen molar-refractivity contribution in [3.63, 3.8) is 0 Å². The van der Waals surface area contributed by atoms with E-state index >= 15 is 0 Å². The zero-order valence-corrected chi connectivity index (χ0v) is 15.1. The molecule has 0 radical (unpaired) electrons. The third-order valence-electron chi connectivity index (χ3n) is 7.06. The van der Waals surface area contributed by atoms with Crippen LogP contribution in [-0.4, -0.2) is 13.2 Å². The molecule has 1 heterocycles. The summed E-state index contributed by atoms with van der Waals surface area (Å²) >= 11 is 0. The summed E-state index contributed by atoms with van der Waals surface area (Å²) in [6.45, 7) is 4.44. The van der Waals surface area contributed by atoms with E-state index in [0.717, 1.165) is 43.8 Å². The highest BCUT2D eigenvalue weighted by Gasteiger charge is 2.34. The minimum Gasteiger partial charge on any atom is -0.381 e. The summed E-state index contributed by atoms with van der Waals surface area (Å²) in [7, 11) is 0. The van der Waals surface area contributed by atoms with Gasteiger partial charge in [0.15, 0.2) is 0 Å². The van der Waals surface area contributed by atoms with E-state index in [4.69, 9.17) is 10.00 Å². The smallest absolute Gasteiger partial charge is 0.0655 e. The van der Waals surface area contributed by atoms with Crippen LogP contribution in [0.5, 0.6) is 0 Å². The van der Waals surface area contributed by atoms with E-state index in [1.54, 1.807) is 0 Å². The maximum Gasteiger partial charge on any atom is 0.0655 e. The van der Waals surface area contributed by atoms with Crippen LogP contribution in [0.25, 0.3) is 0 Å². The van der Waals surface area contributed by atoms with Crippen molar-refractivity contribution < 1.29 is 4.74 Å². The summed E-state index contributed by atoms with van der Waals surface area (Å²) in [5.41, 5.74) is 0.443. The minimum absolute atomic E-state index is 0.359. The molecule has 1 aliphatic heterocycles. The molecule has 2 nitrogen and oxygen atoms in total. The number of ether oxygens (including phenoxy) is 1. The van der Waals surface area contributed by atoms with E-state index in [1.165, 1.54) is 64.2 Å². The number of hydrogen-bond donors (Lipinski definition) is 0. The van der Waals surface area contributed by atoms with Crippen molar-refractivity contribution in [3.8, 4) is 6.07 Å². The van der Waals surface area contributed by atoms with Gasteiger partial charge in [0, 0.05) is 12.5 Å². The third kappa shape index (κ3) is 4.72. The van der Waals surface area contributed by atoms with Gasteiger partial charge in [-0.3, -0.25) is 0 Å². The summed E-state index contributed by atoms with van der Waals surface area (Å²) < 4.78 is 5.86. The second-order valence-corrected chi connectivity index (χ2v) is 9.05. The van der Waals surface area contributed by atoms with Crippen LogP contribution in [0.4, 0.5) is 0 Å². The second kappa shape index (κ2) is 8.02. The van der Waals surface area contributed by atoms with Gasteiger partial charge < -0.3 is 4.74 Å². The van der Waals surface area contributed by atoms with Crippen molar-refractivity contribution in [2.45, 2.75) is 84.0 Å². The normalized spacial score (nSPS) is 42.6. The van der Waals surface area contributed by atoms with Crippen LogP contribution in [0, 0.1) is 40.4 Å². The molecule has 0 amide bonds. The molecule has 3 fully saturated rings. The topological polar surface area (TPSA) is 33.0 Å². The zero-order valence-electron chi connectivity index (χ0n) is 15.1. The predicted molar refractivity (Wildman–Crippen MR) is 93.9 cm³/mol. The van der Waals surface area contributed by atoms with Crippen LogP contribution in [0.1, 0.15) is 84.0 Å². The Labute approximate surface area is 143 Å². The summed E-state index contributed by atoms with van der Waals surface area (Å²) in [6, 6.07) is 2.48. The van der Waals surface area contributed by atoms with E-state index in [9.17, 15) is 0 Å². The highest BCUT2D eigenvalue weighted by atomic mass is 16.5. The van der Waals surface area contributed by atoms with Crippen molar-refractivity contribution in [1.29, 1.82) is 5.26 Å². The Morgan fingerprint density at radius 2 is 1.61 bits per heavy atom. The van der Waals surface area contributed by atoms with Gasteiger partial charge in [0.1, 0.15) is 0 Å². The maximum atomic E-state index is 9.06. The first kappa shape index (κ1) is 17.3. The molecule has 3 aliphatic rings. The molecule has 0 aromatic rings. The monoisotopic (exact) mass is 317 g/mol. The number of nitriles is 1. The molecule has 23 heavy (non-hydrogen) atoms. The van der Waals surface area contributed by atoms with Gasteiger partial charge in [-0.2, -0.15) is 5.26 Å². The molecule has 0 bridgehead atoms. The van der Waals surface area contributed by atoms with Crippen molar-refractivity contribution in [2.75, 3.05) is 13.2 Å². The lowest BCUT2D eigenvalue weighted by atomic mass is 9.66. The molecule has 1 unspecified atom stereocenters. The molecule has 2 heteroatoms. The fourth-order valence-electron chi connectivity index (χ4n) is 5.59. The first-order valence-electron chi connectivity index (χ1n) is 10.2. The standard InChI is InChI=1S/C21H35NO/c1-21(12-2-3-13-23-16-21)14-17-4-8-19(9-5-17)20-10-6-18(15-22)7-11-20/h17-20H,2-14,16H2,1H3. The van der Waals surface area contributed by atoms with E-state index in [-0.39, 0.29) is 0 Å². The van der Waals surface area contributed by atoms with E-state index in [1.807, 2.05) is 0 Å². The highest BCUT2D eigenvalue weighted by molar-refractivity contribution is 4.90. The van der Waals surface area contributed by atoms with Gasteiger partial charge in [0.2, 0.25) is 0 Å². The second-order valence-electron chi connectivity index (χ2n) is 9.05. The molecule has 0 aromatic heterocycles. The van der Waals surface area contributed by atoms with E-state index < -0.39 is 0 Å². The van der Waals surface area contributed by atoms with Gasteiger partial charge in [-0.25, -0.2) is 0 Å². The summed E-state index contributed by atoms with van der Waals surface area (Å²) in [4.78, 5) is 0. The van der Waals surface area contributed by atoms with Gasteiger partial charge >= 0.3 is 0 Å². The van der Waals surface area contributed by atoms with Crippen molar-refractivity contribution in [3.05, 3.63) is 0 Å². The lowest BCUT2D eigenvalue weighted by Gasteiger charge is -2.39. The Kier molecular flexibility index (Phi) is 6.02. The van der Waals surface area contributed by atoms with Gasteiger partial charge in [-0.1, -0.05) is 26.2 Å². The Balaban J connectivity index is 1.42. The summed E-state index contributed by atoms with van der Waals surface area (Å²) in [5, 5.41) is 9.06. The van der Waals surface area contributed by atoms with Crippen LogP contribution in [-0.2, 0) is 4.74 Å². The Morgan fingerprint density at radius 1 is 0.957 bits per heavy atom. The Hall–Kier alpha value is -0.550. The molecule has 130 valence electrons. The predicted octanol–water partition coefficient (Wildman–Crippen LogP) is 5.72. The molecule has 2 aliphatic carbocycles. The van der Waals surface area contributed by atoms with Crippen molar-refractivity contribution >= 4 is 0 Å². The van der Waals surface area contributed by atoms with E-state index in [2.05, 4.69) is 13.0 Å². The third-order valence-corrected chi connectivity index (χ3v) is 7.06. The fraction of sp³-hybridized carbons (Fsp3) is 0.952. The first-order chi connectivity index (χ1) is 11.2. The summed E-state index contributed by atoms with van der Waals surface area (Å²) in [6.07, 6.45) is 16.1. The van der Waals surface area contributed by atoms with Crippen LogP contribution < -0.4 is 0 Å². The average Bonchev–Trinajstić information content (AvgIpc) is 2.80. The molecule has 1 atom stereocenters. The Morgan fingerprint density at radius 3 is 2.26 bits per heavy atom. The van der Waals surface area contributed by atoms with E-state index in [0.29, 0.717) is 11.3 Å². The van der Waals surface area contributed by atoms with Crippen LogP contribution >= 0.6 is 0 Å². The lowest BCUT2D eigenvalue weighted by molar-refractivity contribution is 0.0444. The molecule has 0 N–H and O–H groups in total. The molecule has 1 saturated heterocycles. The Bertz CT molecular complexity index is 389. The maximum absolute atomic E-state index is 9.06. The molecule has 2 saturated carbocycles. The van der Waals surface area contributed by atoms with Gasteiger partial charge in [-0.05, 0) is 81.0 Å². The molecule has 0 spiro atoms. The molecular weight excluding hydrogens is 282 g/mol. The fourth-order valence-corrected chi connectivity index (χ4v) is 5.59. The summed E-state index contributed by atoms with van der Waals surface area (Å²) in [5.74, 6) is 3.19. The minimum atomic E-state index is 0.359. The highest BCUT2D eigenvalue weighted by Crippen LogP contribution is 2.45. The number of nitrogens with zero attached hydrogens (tertiary/aromatic N) is 1. The molecular formula is C21H35NO. The average molecular weight is 318 g/mol.